The zero-order valence-corrected chi connectivity index (χ0v) is 15.1. The summed E-state index contributed by atoms with van der Waals surface area (Å²) < 4.78 is 5.46. The molecule has 1 unspecified atom stereocenters. The first-order chi connectivity index (χ1) is 12.7. The summed E-state index contributed by atoms with van der Waals surface area (Å²) in [6.45, 7) is 3.81. The van der Waals surface area contributed by atoms with E-state index in [9.17, 15) is 4.79 Å². The number of rotatable bonds is 9. The molecule has 1 amide bonds. The van der Waals surface area contributed by atoms with Crippen molar-refractivity contribution in [1.82, 2.24) is 10.2 Å². The first-order valence-corrected chi connectivity index (χ1v) is 9.23. The quantitative estimate of drug-likeness (QED) is 0.693. The summed E-state index contributed by atoms with van der Waals surface area (Å²) in [4.78, 5) is 14.7. The third kappa shape index (κ3) is 5.13. The molecule has 138 valence electrons. The molecule has 0 bridgehead atoms. The lowest BCUT2D eigenvalue weighted by molar-refractivity contribution is -0.121. The Balaban J connectivity index is 1.51. The number of nitrogens with one attached hydrogen (secondary N) is 1. The highest BCUT2D eigenvalue weighted by atomic mass is 16.5. The van der Waals surface area contributed by atoms with E-state index in [-0.39, 0.29) is 11.9 Å². The van der Waals surface area contributed by atoms with Crippen LogP contribution in [0.2, 0.25) is 0 Å². The topological polar surface area (TPSA) is 66.3 Å². The fourth-order valence-corrected chi connectivity index (χ4v) is 3.30. The highest BCUT2D eigenvalue weighted by Gasteiger charge is 2.39. The minimum Gasteiger partial charge on any atom is -0.379 e. The second kappa shape index (κ2) is 8.93. The van der Waals surface area contributed by atoms with Crippen molar-refractivity contribution in [2.45, 2.75) is 37.4 Å². The van der Waals surface area contributed by atoms with Crippen LogP contribution < -0.4 is 5.32 Å². The molecule has 0 aliphatic carbocycles. The molecular formula is C20H26N4O2. The van der Waals surface area contributed by atoms with E-state index in [0.29, 0.717) is 25.8 Å². The van der Waals surface area contributed by atoms with Crippen LogP contribution in [-0.4, -0.2) is 49.3 Å². The van der Waals surface area contributed by atoms with Gasteiger partial charge >= 0.3 is 0 Å². The van der Waals surface area contributed by atoms with Gasteiger partial charge in [-0.1, -0.05) is 30.3 Å². The van der Waals surface area contributed by atoms with E-state index in [4.69, 9.17) is 11.2 Å². The number of ether oxygens (including phenoxy) is 1. The van der Waals surface area contributed by atoms with Crippen LogP contribution in [-0.2, 0) is 9.53 Å². The van der Waals surface area contributed by atoms with Crippen molar-refractivity contribution in [3.63, 3.8) is 0 Å². The molecule has 0 spiro atoms. The van der Waals surface area contributed by atoms with Crippen molar-refractivity contribution in [2.24, 2.45) is 10.2 Å². The van der Waals surface area contributed by atoms with Gasteiger partial charge in [-0.2, -0.15) is 10.2 Å². The Labute approximate surface area is 155 Å². The van der Waals surface area contributed by atoms with Crippen LogP contribution >= 0.6 is 0 Å². The minimum absolute atomic E-state index is 0.0385. The normalized spacial score (nSPS) is 19.5. The van der Waals surface area contributed by atoms with Crippen molar-refractivity contribution >= 4 is 5.91 Å². The van der Waals surface area contributed by atoms with Gasteiger partial charge in [0.25, 0.3) is 0 Å². The summed E-state index contributed by atoms with van der Waals surface area (Å²) in [5.74, 6) is 2.65. The maximum atomic E-state index is 12.3. The van der Waals surface area contributed by atoms with Crippen LogP contribution in [0.15, 0.2) is 40.6 Å². The number of benzene rings is 1. The van der Waals surface area contributed by atoms with Gasteiger partial charge < -0.3 is 10.1 Å². The fourth-order valence-electron chi connectivity index (χ4n) is 3.30. The number of amides is 1. The Morgan fingerprint density at radius 1 is 1.27 bits per heavy atom. The number of morpholine rings is 1. The molecule has 6 nitrogen and oxygen atoms in total. The molecule has 1 aromatic carbocycles. The van der Waals surface area contributed by atoms with Gasteiger partial charge in [0.05, 0.1) is 19.3 Å². The standard InChI is InChI=1S/C20H26N4O2/c1-2-3-10-20(22-23-20)11-9-19(25)21-16-18(17-7-5-4-6-8-17)24-12-14-26-15-13-24/h1,4-8,18H,3,9-16H2,(H,21,25). The number of hydrogen-bond acceptors (Lipinski definition) is 5. The SMILES string of the molecule is C#CCCC1(CCC(=O)NCC(c2ccccc2)N2CCOCC2)N=N1. The number of carbonyl (C=O) groups excluding carboxylic acids is 1. The summed E-state index contributed by atoms with van der Waals surface area (Å²) in [5, 5.41) is 11.3. The van der Waals surface area contributed by atoms with Gasteiger partial charge in [0.1, 0.15) is 0 Å². The monoisotopic (exact) mass is 354 g/mol. The largest absolute Gasteiger partial charge is 0.379 e. The van der Waals surface area contributed by atoms with E-state index >= 15 is 0 Å². The van der Waals surface area contributed by atoms with Crippen LogP contribution in [0, 0.1) is 12.3 Å². The zero-order valence-electron chi connectivity index (χ0n) is 15.1. The summed E-state index contributed by atoms with van der Waals surface area (Å²) in [6, 6.07) is 10.5. The smallest absolute Gasteiger partial charge is 0.220 e. The lowest BCUT2D eigenvalue weighted by Crippen LogP contribution is -2.43. The number of carbonyl (C=O) groups is 1. The molecule has 0 saturated carbocycles. The van der Waals surface area contributed by atoms with Crippen LogP contribution in [0.1, 0.15) is 37.3 Å². The predicted octanol–water partition coefficient (Wildman–Crippen LogP) is 2.53. The summed E-state index contributed by atoms with van der Waals surface area (Å²) in [7, 11) is 0. The van der Waals surface area contributed by atoms with Gasteiger partial charge in [0.15, 0.2) is 5.66 Å². The second-order valence-electron chi connectivity index (χ2n) is 6.77. The number of nitrogens with zero attached hydrogens (tertiary/aromatic N) is 3. The van der Waals surface area contributed by atoms with E-state index in [0.717, 1.165) is 32.7 Å². The Bertz CT molecular complexity index is 656. The van der Waals surface area contributed by atoms with E-state index in [1.807, 2.05) is 18.2 Å². The second-order valence-corrected chi connectivity index (χ2v) is 6.77. The molecule has 3 rings (SSSR count). The van der Waals surface area contributed by atoms with Crippen molar-refractivity contribution in [3.05, 3.63) is 35.9 Å². The average Bonchev–Trinajstić information content (AvgIpc) is 3.47. The highest BCUT2D eigenvalue weighted by Crippen LogP contribution is 2.37. The van der Waals surface area contributed by atoms with Crippen LogP contribution in [0.25, 0.3) is 0 Å². The first kappa shape index (κ1) is 18.6. The molecule has 0 radical (unpaired) electrons. The molecule has 6 heteroatoms. The van der Waals surface area contributed by atoms with E-state index in [1.165, 1.54) is 5.56 Å². The van der Waals surface area contributed by atoms with E-state index in [2.05, 4.69) is 38.5 Å². The third-order valence-electron chi connectivity index (χ3n) is 4.97. The Morgan fingerprint density at radius 2 is 2.00 bits per heavy atom. The Kier molecular flexibility index (Phi) is 6.37. The lowest BCUT2D eigenvalue weighted by Gasteiger charge is -2.35. The fraction of sp³-hybridized carbons (Fsp3) is 0.550. The summed E-state index contributed by atoms with van der Waals surface area (Å²) >= 11 is 0. The van der Waals surface area contributed by atoms with Crippen molar-refractivity contribution in [1.29, 1.82) is 0 Å². The minimum atomic E-state index is -0.396. The van der Waals surface area contributed by atoms with E-state index < -0.39 is 5.66 Å². The van der Waals surface area contributed by atoms with Gasteiger partial charge in [0.2, 0.25) is 5.91 Å². The summed E-state index contributed by atoms with van der Waals surface area (Å²) in [6.07, 6.45) is 7.73. The van der Waals surface area contributed by atoms with Crippen LogP contribution in [0.3, 0.4) is 0 Å². The first-order valence-electron chi connectivity index (χ1n) is 9.23. The maximum Gasteiger partial charge on any atom is 0.220 e. The van der Waals surface area contributed by atoms with Gasteiger partial charge in [0, 0.05) is 45.3 Å². The molecule has 26 heavy (non-hydrogen) atoms. The average molecular weight is 354 g/mol. The molecule has 1 fully saturated rings. The summed E-state index contributed by atoms with van der Waals surface area (Å²) in [5.41, 5.74) is 0.819. The highest BCUT2D eigenvalue weighted by molar-refractivity contribution is 5.76. The lowest BCUT2D eigenvalue weighted by atomic mass is 10.0. The van der Waals surface area contributed by atoms with Gasteiger partial charge in [-0.25, -0.2) is 0 Å². The third-order valence-corrected chi connectivity index (χ3v) is 4.97. The molecule has 2 aliphatic rings. The van der Waals surface area contributed by atoms with Gasteiger partial charge in [-0.05, 0) is 5.56 Å². The molecule has 0 aromatic heterocycles. The van der Waals surface area contributed by atoms with Crippen molar-refractivity contribution < 1.29 is 9.53 Å². The molecule has 1 atom stereocenters. The molecule has 1 saturated heterocycles. The molecular weight excluding hydrogens is 328 g/mol. The Hall–Kier alpha value is -2.23. The van der Waals surface area contributed by atoms with Gasteiger partial charge in [-0.3, -0.25) is 9.69 Å². The maximum absolute atomic E-state index is 12.3. The zero-order chi connectivity index (χ0) is 18.2. The Morgan fingerprint density at radius 3 is 2.65 bits per heavy atom. The van der Waals surface area contributed by atoms with Crippen molar-refractivity contribution in [2.75, 3.05) is 32.8 Å². The van der Waals surface area contributed by atoms with Crippen LogP contribution in [0.4, 0.5) is 0 Å². The molecule has 2 aliphatic heterocycles. The van der Waals surface area contributed by atoms with Crippen LogP contribution in [0.5, 0.6) is 0 Å². The molecule has 1 aromatic rings. The van der Waals surface area contributed by atoms with E-state index in [1.54, 1.807) is 0 Å². The molecule has 1 N–H and O–H groups in total. The van der Waals surface area contributed by atoms with Crippen molar-refractivity contribution in [3.8, 4) is 12.3 Å². The van der Waals surface area contributed by atoms with Gasteiger partial charge in [-0.15, -0.1) is 12.3 Å². The predicted molar refractivity (Wildman–Crippen MR) is 99.5 cm³/mol. The molecule has 2 heterocycles. The number of hydrogen-bond donors (Lipinski definition) is 1. The number of terminal acetylenes is 1.